The molecule has 1 aliphatic rings. The highest BCUT2D eigenvalue weighted by molar-refractivity contribution is 6.10. The second-order valence-electron chi connectivity index (χ2n) is 6.79. The van der Waals surface area contributed by atoms with E-state index in [1.54, 1.807) is 25.6 Å². The zero-order chi connectivity index (χ0) is 20.8. The summed E-state index contributed by atoms with van der Waals surface area (Å²) >= 11 is 0. The lowest BCUT2D eigenvalue weighted by Gasteiger charge is -2.22. The maximum atomic E-state index is 14.2. The third-order valence-electron chi connectivity index (χ3n) is 4.82. The van der Waals surface area contributed by atoms with Gasteiger partial charge in [-0.25, -0.2) is 13.6 Å². The number of nitrogens with one attached hydrogen (secondary N) is 2. The van der Waals surface area contributed by atoms with Crippen LogP contribution < -0.4 is 10.6 Å². The Kier molecular flexibility index (Phi) is 4.66. The fraction of sp³-hybridized carbons (Fsp3) is 0.333. The van der Waals surface area contributed by atoms with Crippen molar-refractivity contribution in [3.05, 3.63) is 46.8 Å². The highest BCUT2D eigenvalue weighted by Gasteiger charge is 2.50. The number of carbonyl (C=O) groups is 3. The van der Waals surface area contributed by atoms with Crippen LogP contribution in [0.3, 0.4) is 0 Å². The van der Waals surface area contributed by atoms with Crippen molar-refractivity contribution < 1.29 is 23.2 Å². The lowest BCUT2D eigenvalue weighted by molar-refractivity contribution is -0.133. The van der Waals surface area contributed by atoms with Crippen molar-refractivity contribution in [3.63, 3.8) is 0 Å². The van der Waals surface area contributed by atoms with E-state index < -0.39 is 41.6 Å². The molecule has 1 atom stereocenters. The lowest BCUT2D eigenvalue weighted by atomic mass is 9.91. The molecule has 2 heterocycles. The van der Waals surface area contributed by atoms with Crippen LogP contribution in [0.15, 0.2) is 18.2 Å². The van der Waals surface area contributed by atoms with E-state index in [0.29, 0.717) is 22.0 Å². The zero-order valence-corrected chi connectivity index (χ0v) is 15.8. The molecule has 4 amide bonds. The molecule has 0 unspecified atom stereocenters. The molecule has 0 aliphatic carbocycles. The summed E-state index contributed by atoms with van der Waals surface area (Å²) in [4.78, 5) is 38.1. The summed E-state index contributed by atoms with van der Waals surface area (Å²) in [5.74, 6) is -3.06. The van der Waals surface area contributed by atoms with Gasteiger partial charge < -0.3 is 10.6 Å². The van der Waals surface area contributed by atoms with E-state index in [0.717, 1.165) is 18.2 Å². The maximum Gasteiger partial charge on any atom is 0.325 e. The van der Waals surface area contributed by atoms with Crippen LogP contribution in [0.25, 0.3) is 0 Å². The highest BCUT2D eigenvalue weighted by Crippen LogP contribution is 2.31. The second kappa shape index (κ2) is 6.70. The molecule has 0 saturated carbocycles. The summed E-state index contributed by atoms with van der Waals surface area (Å²) in [7, 11) is 1.72. The molecular formula is C18H19F2N5O3. The first-order valence-corrected chi connectivity index (χ1v) is 8.44. The largest absolute Gasteiger partial charge is 0.325 e. The predicted octanol–water partition coefficient (Wildman–Crippen LogP) is 1.72. The number of imide groups is 1. The lowest BCUT2D eigenvalue weighted by Crippen LogP contribution is -2.42. The van der Waals surface area contributed by atoms with E-state index in [1.165, 1.54) is 6.92 Å². The van der Waals surface area contributed by atoms with Gasteiger partial charge in [-0.05, 0) is 39.0 Å². The van der Waals surface area contributed by atoms with E-state index >= 15 is 0 Å². The van der Waals surface area contributed by atoms with Gasteiger partial charge in [0.15, 0.2) is 0 Å². The van der Waals surface area contributed by atoms with Crippen LogP contribution in [-0.2, 0) is 22.2 Å². The van der Waals surface area contributed by atoms with Crippen LogP contribution in [0.1, 0.15) is 23.9 Å². The number of hydrogen-bond donors (Lipinski definition) is 2. The molecule has 148 valence electrons. The first-order chi connectivity index (χ1) is 13.0. The van der Waals surface area contributed by atoms with Crippen molar-refractivity contribution in [1.82, 2.24) is 20.0 Å². The average molecular weight is 391 g/mol. The number of amides is 4. The molecule has 8 nitrogen and oxygen atoms in total. The van der Waals surface area contributed by atoms with Gasteiger partial charge in [0.05, 0.1) is 17.1 Å². The minimum Gasteiger partial charge on any atom is -0.321 e. The molecule has 0 bridgehead atoms. The van der Waals surface area contributed by atoms with E-state index in [2.05, 4.69) is 15.7 Å². The molecule has 2 N–H and O–H groups in total. The number of anilines is 1. The topological polar surface area (TPSA) is 96.3 Å². The summed E-state index contributed by atoms with van der Waals surface area (Å²) in [6.45, 7) is 4.15. The average Bonchev–Trinajstić information content (AvgIpc) is 2.98. The van der Waals surface area contributed by atoms with E-state index in [9.17, 15) is 23.2 Å². The first-order valence-electron chi connectivity index (χ1n) is 8.44. The number of nitrogens with zero attached hydrogens (tertiary/aromatic N) is 3. The van der Waals surface area contributed by atoms with Gasteiger partial charge in [0.2, 0.25) is 5.91 Å². The highest BCUT2D eigenvalue weighted by atomic mass is 19.1. The SMILES string of the molecule is Cc1nn(C)c(C)c1NC(=O)CN1C(=O)N[C@@](C)(c2cc(F)ccc2F)C1=O. The van der Waals surface area contributed by atoms with Gasteiger partial charge >= 0.3 is 6.03 Å². The van der Waals surface area contributed by atoms with Crippen LogP contribution in [0.5, 0.6) is 0 Å². The van der Waals surface area contributed by atoms with Crippen LogP contribution in [-0.4, -0.2) is 39.1 Å². The van der Waals surface area contributed by atoms with Gasteiger partial charge in [0.25, 0.3) is 5.91 Å². The molecule has 0 spiro atoms. The van der Waals surface area contributed by atoms with Crippen LogP contribution in [0, 0.1) is 25.5 Å². The van der Waals surface area contributed by atoms with Crippen molar-refractivity contribution in [2.75, 3.05) is 11.9 Å². The Labute approximate surface area is 159 Å². The van der Waals surface area contributed by atoms with Crippen molar-refractivity contribution in [3.8, 4) is 0 Å². The van der Waals surface area contributed by atoms with Crippen molar-refractivity contribution in [2.45, 2.75) is 26.3 Å². The monoisotopic (exact) mass is 391 g/mol. The normalized spacial score (nSPS) is 19.1. The molecule has 1 saturated heterocycles. The van der Waals surface area contributed by atoms with Gasteiger partial charge in [0.1, 0.15) is 23.7 Å². The number of aromatic nitrogens is 2. The molecule has 1 aromatic carbocycles. The Balaban J connectivity index is 1.82. The van der Waals surface area contributed by atoms with Crippen LogP contribution >= 0.6 is 0 Å². The molecule has 1 aliphatic heterocycles. The second-order valence-corrected chi connectivity index (χ2v) is 6.79. The molecule has 28 heavy (non-hydrogen) atoms. The summed E-state index contributed by atoms with van der Waals surface area (Å²) in [5, 5.41) is 9.14. The van der Waals surface area contributed by atoms with Gasteiger partial charge in [-0.3, -0.25) is 19.2 Å². The summed E-state index contributed by atoms with van der Waals surface area (Å²) < 4.78 is 29.3. The Hall–Kier alpha value is -3.30. The third kappa shape index (κ3) is 3.10. The number of rotatable bonds is 4. The standard InChI is InChI=1S/C18H19F2N5O3/c1-9-15(10(2)24(4)23-9)21-14(26)8-25-16(27)18(3,22-17(25)28)12-7-11(19)5-6-13(12)20/h5-7H,8H2,1-4H3,(H,21,26)(H,22,28)/t18-/m0/s1. The number of hydrogen-bond acceptors (Lipinski definition) is 4. The Morgan fingerprint density at radius 3 is 2.57 bits per heavy atom. The Bertz CT molecular complexity index is 1000. The third-order valence-corrected chi connectivity index (χ3v) is 4.82. The van der Waals surface area contributed by atoms with Gasteiger partial charge in [0, 0.05) is 12.6 Å². The van der Waals surface area contributed by atoms with Crippen LogP contribution in [0.2, 0.25) is 0 Å². The maximum absolute atomic E-state index is 14.2. The molecule has 1 aromatic heterocycles. The molecule has 10 heteroatoms. The molecule has 1 fully saturated rings. The fourth-order valence-corrected chi connectivity index (χ4v) is 3.18. The van der Waals surface area contributed by atoms with Crippen LogP contribution in [0.4, 0.5) is 19.3 Å². The molecule has 3 rings (SSSR count). The number of urea groups is 1. The number of halogens is 2. The summed E-state index contributed by atoms with van der Waals surface area (Å²) in [6.07, 6.45) is 0. The van der Waals surface area contributed by atoms with Gasteiger partial charge in [-0.2, -0.15) is 5.10 Å². The zero-order valence-electron chi connectivity index (χ0n) is 15.8. The Morgan fingerprint density at radius 2 is 1.96 bits per heavy atom. The Morgan fingerprint density at radius 1 is 1.29 bits per heavy atom. The quantitative estimate of drug-likeness (QED) is 0.776. The van der Waals surface area contributed by atoms with E-state index in [1.807, 2.05) is 0 Å². The summed E-state index contributed by atoms with van der Waals surface area (Å²) in [5.41, 5.74) is -0.359. The number of aryl methyl sites for hydroxylation is 2. The number of carbonyl (C=O) groups excluding carboxylic acids is 3. The fourth-order valence-electron chi connectivity index (χ4n) is 3.18. The van der Waals surface area contributed by atoms with Crippen molar-refractivity contribution >= 4 is 23.5 Å². The van der Waals surface area contributed by atoms with Gasteiger partial charge in [-0.1, -0.05) is 0 Å². The van der Waals surface area contributed by atoms with Gasteiger partial charge in [-0.15, -0.1) is 0 Å². The minimum absolute atomic E-state index is 0.312. The predicted molar refractivity (Wildman–Crippen MR) is 95.3 cm³/mol. The first kappa shape index (κ1) is 19.5. The number of benzene rings is 1. The molecule has 0 radical (unpaired) electrons. The van der Waals surface area contributed by atoms with Crippen molar-refractivity contribution in [1.29, 1.82) is 0 Å². The summed E-state index contributed by atoms with van der Waals surface area (Å²) in [6, 6.07) is 1.76. The van der Waals surface area contributed by atoms with Crippen molar-refractivity contribution in [2.24, 2.45) is 7.05 Å². The van der Waals surface area contributed by atoms with E-state index in [-0.39, 0.29) is 5.56 Å². The minimum atomic E-state index is -1.82. The van der Waals surface area contributed by atoms with E-state index in [4.69, 9.17) is 0 Å². The molecular weight excluding hydrogens is 372 g/mol. The molecule has 2 aromatic rings. The smallest absolute Gasteiger partial charge is 0.321 e.